The van der Waals surface area contributed by atoms with Gasteiger partial charge in [-0.3, -0.25) is 4.79 Å². The first-order chi connectivity index (χ1) is 12.0. The smallest absolute Gasteiger partial charge is 0.243 e. The summed E-state index contributed by atoms with van der Waals surface area (Å²) in [5.74, 6) is 2.51. The van der Waals surface area contributed by atoms with E-state index in [2.05, 4.69) is 34.9 Å². The van der Waals surface area contributed by atoms with Gasteiger partial charge in [-0.15, -0.1) is 0 Å². The number of rotatable bonds is 9. The lowest BCUT2D eigenvalue weighted by Crippen LogP contribution is -2.40. The van der Waals surface area contributed by atoms with Crippen molar-refractivity contribution < 1.29 is 9.53 Å². The summed E-state index contributed by atoms with van der Waals surface area (Å²) in [7, 11) is 5.15. The summed E-state index contributed by atoms with van der Waals surface area (Å²) in [6.45, 7) is 3.72. The molecule has 0 spiro atoms. The quantitative estimate of drug-likeness (QED) is 0.394. The summed E-state index contributed by atoms with van der Waals surface area (Å²) in [4.78, 5) is 17.6. The van der Waals surface area contributed by atoms with Gasteiger partial charge in [0.15, 0.2) is 5.96 Å². The molecule has 1 amide bonds. The molecule has 0 aromatic heterocycles. The number of hydrogen-bond acceptors (Lipinski definition) is 4. The molecule has 25 heavy (non-hydrogen) atoms. The van der Waals surface area contributed by atoms with Crippen molar-refractivity contribution in [2.75, 3.05) is 52.8 Å². The standard InChI is InChI=1S/C18H30N4O2S/c1-14-6-7-16(24-4)15(12-14)8-9-19-18(20-10-11-25-5)21-13-17(23)22(2)3/h6-7,12H,8-11,13H2,1-5H3,(H2,19,20,21). The number of carbonyl (C=O) groups excluding carboxylic acids is 1. The van der Waals surface area contributed by atoms with Gasteiger partial charge >= 0.3 is 0 Å². The second-order valence-corrected chi connectivity index (χ2v) is 6.85. The highest BCUT2D eigenvalue weighted by atomic mass is 32.2. The predicted molar refractivity (Wildman–Crippen MR) is 107 cm³/mol. The van der Waals surface area contributed by atoms with Crippen molar-refractivity contribution in [3.8, 4) is 5.75 Å². The number of aliphatic imine (C=N–C) groups is 1. The Kier molecular flexibility index (Phi) is 9.84. The molecule has 1 rings (SSSR count). The Hall–Kier alpha value is -1.89. The number of aryl methyl sites for hydroxylation is 1. The number of guanidine groups is 1. The van der Waals surface area contributed by atoms with E-state index in [1.54, 1.807) is 37.9 Å². The summed E-state index contributed by atoms with van der Waals surface area (Å²) >= 11 is 1.76. The number of hydrogen-bond donors (Lipinski definition) is 2. The molecule has 0 unspecified atom stereocenters. The maximum Gasteiger partial charge on any atom is 0.243 e. The molecule has 0 fully saturated rings. The van der Waals surface area contributed by atoms with Gasteiger partial charge in [-0.1, -0.05) is 17.7 Å². The van der Waals surface area contributed by atoms with Crippen molar-refractivity contribution >= 4 is 23.6 Å². The van der Waals surface area contributed by atoms with Crippen LogP contribution < -0.4 is 15.4 Å². The van der Waals surface area contributed by atoms with Crippen LogP contribution in [-0.4, -0.2) is 69.6 Å². The molecule has 0 bridgehead atoms. The Labute approximate surface area is 155 Å². The third kappa shape index (κ3) is 8.16. The van der Waals surface area contributed by atoms with Gasteiger partial charge in [0.2, 0.25) is 5.91 Å². The fraction of sp³-hybridized carbons (Fsp3) is 0.556. The first-order valence-electron chi connectivity index (χ1n) is 8.32. The molecule has 2 N–H and O–H groups in total. The molecule has 0 atom stereocenters. The number of ether oxygens (including phenoxy) is 1. The lowest BCUT2D eigenvalue weighted by atomic mass is 10.1. The number of carbonyl (C=O) groups is 1. The average molecular weight is 367 g/mol. The van der Waals surface area contributed by atoms with Crippen LogP contribution in [0.25, 0.3) is 0 Å². The SMILES string of the molecule is COc1ccc(C)cc1CCNC(=NCC(=O)N(C)C)NCCSC. The zero-order valence-corrected chi connectivity index (χ0v) is 16.7. The van der Waals surface area contributed by atoms with E-state index in [0.717, 1.165) is 30.0 Å². The molecule has 7 heteroatoms. The van der Waals surface area contributed by atoms with Crippen LogP contribution in [0.1, 0.15) is 11.1 Å². The number of thioether (sulfide) groups is 1. The van der Waals surface area contributed by atoms with Gasteiger partial charge in [0.05, 0.1) is 7.11 Å². The Bertz CT molecular complexity index is 576. The van der Waals surface area contributed by atoms with Gasteiger partial charge in [0, 0.05) is 32.9 Å². The zero-order chi connectivity index (χ0) is 18.7. The van der Waals surface area contributed by atoms with Crippen LogP contribution in [0.5, 0.6) is 5.75 Å². The van der Waals surface area contributed by atoms with Crippen molar-refractivity contribution in [1.29, 1.82) is 0 Å². The van der Waals surface area contributed by atoms with Gasteiger partial charge < -0.3 is 20.3 Å². The van der Waals surface area contributed by atoms with Gasteiger partial charge in [-0.25, -0.2) is 4.99 Å². The minimum absolute atomic E-state index is 0.0219. The van der Waals surface area contributed by atoms with Gasteiger partial charge in [0.1, 0.15) is 12.3 Å². The van der Waals surface area contributed by atoms with Gasteiger partial charge in [0.25, 0.3) is 0 Å². The van der Waals surface area contributed by atoms with Crippen LogP contribution in [0.4, 0.5) is 0 Å². The molecule has 0 radical (unpaired) electrons. The molecule has 0 heterocycles. The van der Waals surface area contributed by atoms with Gasteiger partial charge in [-0.2, -0.15) is 11.8 Å². The summed E-state index contributed by atoms with van der Waals surface area (Å²) in [6.07, 6.45) is 2.88. The number of amides is 1. The topological polar surface area (TPSA) is 66.0 Å². The van der Waals surface area contributed by atoms with E-state index in [0.29, 0.717) is 12.5 Å². The number of nitrogens with one attached hydrogen (secondary N) is 2. The number of likely N-dealkylation sites (N-methyl/N-ethyl adjacent to an activating group) is 1. The molecule has 0 saturated carbocycles. The lowest BCUT2D eigenvalue weighted by Gasteiger charge is -2.14. The van der Waals surface area contributed by atoms with E-state index in [-0.39, 0.29) is 12.5 Å². The second-order valence-electron chi connectivity index (χ2n) is 5.86. The molecule has 140 valence electrons. The minimum Gasteiger partial charge on any atom is -0.496 e. The molecule has 0 aliphatic carbocycles. The number of benzene rings is 1. The average Bonchev–Trinajstić information content (AvgIpc) is 2.59. The van der Waals surface area contributed by atoms with Crippen LogP contribution in [0, 0.1) is 6.92 Å². The Morgan fingerprint density at radius 3 is 2.64 bits per heavy atom. The summed E-state index contributed by atoms with van der Waals surface area (Å²) < 4.78 is 5.42. The summed E-state index contributed by atoms with van der Waals surface area (Å²) in [6, 6.07) is 6.17. The molecule has 0 aliphatic rings. The molecule has 0 saturated heterocycles. The highest BCUT2D eigenvalue weighted by molar-refractivity contribution is 7.98. The minimum atomic E-state index is -0.0219. The largest absolute Gasteiger partial charge is 0.496 e. The fourth-order valence-corrected chi connectivity index (χ4v) is 2.46. The highest BCUT2D eigenvalue weighted by Crippen LogP contribution is 2.19. The van der Waals surface area contributed by atoms with Crippen molar-refractivity contribution in [1.82, 2.24) is 15.5 Å². The third-order valence-electron chi connectivity index (χ3n) is 3.59. The van der Waals surface area contributed by atoms with E-state index in [1.165, 1.54) is 5.56 Å². The van der Waals surface area contributed by atoms with Crippen LogP contribution in [0.3, 0.4) is 0 Å². The maximum absolute atomic E-state index is 11.7. The molecule has 6 nitrogen and oxygen atoms in total. The maximum atomic E-state index is 11.7. The van der Waals surface area contributed by atoms with E-state index in [9.17, 15) is 4.79 Å². The van der Waals surface area contributed by atoms with Crippen LogP contribution in [0.2, 0.25) is 0 Å². The fourth-order valence-electron chi connectivity index (χ4n) is 2.15. The molecular formula is C18H30N4O2S. The molecular weight excluding hydrogens is 336 g/mol. The van der Waals surface area contributed by atoms with Crippen LogP contribution in [-0.2, 0) is 11.2 Å². The monoisotopic (exact) mass is 366 g/mol. The van der Waals surface area contributed by atoms with Crippen molar-refractivity contribution in [3.05, 3.63) is 29.3 Å². The summed E-state index contributed by atoms with van der Waals surface area (Å²) in [5.41, 5.74) is 2.36. The van der Waals surface area contributed by atoms with Crippen LogP contribution in [0.15, 0.2) is 23.2 Å². The lowest BCUT2D eigenvalue weighted by molar-refractivity contribution is -0.127. The van der Waals surface area contributed by atoms with Crippen molar-refractivity contribution in [3.63, 3.8) is 0 Å². The molecule has 1 aromatic carbocycles. The van der Waals surface area contributed by atoms with E-state index in [1.807, 2.05) is 12.1 Å². The highest BCUT2D eigenvalue weighted by Gasteiger charge is 2.06. The van der Waals surface area contributed by atoms with E-state index < -0.39 is 0 Å². The second kappa shape index (κ2) is 11.6. The van der Waals surface area contributed by atoms with E-state index >= 15 is 0 Å². The summed E-state index contributed by atoms with van der Waals surface area (Å²) in [5, 5.41) is 6.55. The molecule has 1 aromatic rings. The number of nitrogens with zero attached hydrogens (tertiary/aromatic N) is 2. The van der Waals surface area contributed by atoms with E-state index in [4.69, 9.17) is 4.74 Å². The third-order valence-corrected chi connectivity index (χ3v) is 4.20. The first kappa shape index (κ1) is 21.2. The first-order valence-corrected chi connectivity index (χ1v) is 9.72. The van der Waals surface area contributed by atoms with Gasteiger partial charge in [-0.05, 0) is 31.2 Å². The predicted octanol–water partition coefficient (Wildman–Crippen LogP) is 1.53. The Balaban J connectivity index is 2.63. The Morgan fingerprint density at radius 2 is 2.00 bits per heavy atom. The normalized spacial score (nSPS) is 11.2. The number of methoxy groups -OCH3 is 1. The molecule has 0 aliphatic heterocycles. The van der Waals surface area contributed by atoms with Crippen LogP contribution >= 0.6 is 11.8 Å². The van der Waals surface area contributed by atoms with Crippen molar-refractivity contribution in [2.45, 2.75) is 13.3 Å². The zero-order valence-electron chi connectivity index (χ0n) is 15.9. The Morgan fingerprint density at radius 1 is 1.28 bits per heavy atom. The van der Waals surface area contributed by atoms with Crippen molar-refractivity contribution in [2.24, 2.45) is 4.99 Å².